The molecule has 0 saturated heterocycles. The van der Waals surface area contributed by atoms with E-state index in [0.29, 0.717) is 0 Å². The van der Waals surface area contributed by atoms with E-state index in [9.17, 15) is 14.7 Å². The molecular weight excluding hydrogens is 406 g/mol. The maximum Gasteiger partial charge on any atom is 0.329 e. The summed E-state index contributed by atoms with van der Waals surface area (Å²) in [6.07, 6.45) is 2.07. The Kier molecular flexibility index (Phi) is 6.43. The van der Waals surface area contributed by atoms with Crippen LogP contribution >= 0.6 is 0 Å². The van der Waals surface area contributed by atoms with Gasteiger partial charge in [0.15, 0.2) is 0 Å². The zero-order chi connectivity index (χ0) is 23.5. The summed E-state index contributed by atoms with van der Waals surface area (Å²) in [4.78, 5) is 21.7. The molecule has 8 nitrogen and oxygen atoms in total. The van der Waals surface area contributed by atoms with Gasteiger partial charge in [-0.2, -0.15) is 4.57 Å². The van der Waals surface area contributed by atoms with E-state index in [1.807, 2.05) is 41.1 Å². The molecule has 4 aromatic rings. The van der Waals surface area contributed by atoms with Crippen molar-refractivity contribution >= 4 is 0 Å². The molecule has 0 atom stereocenters. The third-order valence-corrected chi connectivity index (χ3v) is 4.89. The van der Waals surface area contributed by atoms with Crippen LogP contribution in [0.15, 0.2) is 82.6 Å². The van der Waals surface area contributed by atoms with Crippen LogP contribution in [0, 0.1) is 0 Å². The van der Waals surface area contributed by atoms with E-state index in [2.05, 4.69) is 55.9 Å². The van der Waals surface area contributed by atoms with Gasteiger partial charge < -0.3 is 9.67 Å². The molecule has 0 bridgehead atoms. The molecule has 0 aliphatic heterocycles. The van der Waals surface area contributed by atoms with E-state index in [0.717, 1.165) is 32.3 Å². The largest absolute Gasteiger partial charge is 0.860 e. The number of rotatable bonds is 2. The van der Waals surface area contributed by atoms with Gasteiger partial charge in [-0.25, -0.2) is 4.79 Å². The lowest BCUT2D eigenvalue weighted by molar-refractivity contribution is -0.585. The molecule has 0 unspecified atom stereocenters. The second-order valence-corrected chi connectivity index (χ2v) is 8.35. The predicted octanol–water partition coefficient (Wildman–Crippen LogP) is 1.74. The van der Waals surface area contributed by atoms with Crippen molar-refractivity contribution in [2.24, 2.45) is 14.1 Å². The van der Waals surface area contributed by atoms with Crippen molar-refractivity contribution in [1.82, 2.24) is 18.9 Å². The minimum absolute atomic E-state index is 0.0520. The first kappa shape index (κ1) is 22.7. The molecular formula is C24H27N5O3. The third kappa shape index (κ3) is 4.85. The molecule has 0 radical (unpaired) electrons. The van der Waals surface area contributed by atoms with E-state index >= 15 is 0 Å². The molecule has 0 amide bonds. The number of hydrogen-bond donors (Lipinski definition) is 0. The second-order valence-electron chi connectivity index (χ2n) is 8.35. The number of hydrogen-bond acceptors (Lipinski definition) is 4. The van der Waals surface area contributed by atoms with E-state index < -0.39 is 17.1 Å². The summed E-state index contributed by atoms with van der Waals surface area (Å²) in [5, 5.41) is 15.6. The Morgan fingerprint density at radius 1 is 0.875 bits per heavy atom. The first-order valence-corrected chi connectivity index (χ1v) is 10.2. The van der Waals surface area contributed by atoms with Crippen LogP contribution in [0.5, 0.6) is 5.88 Å². The normalized spacial score (nSPS) is 11.0. The number of nitrogens with zero attached hydrogens (tertiary/aromatic N) is 5. The Hall–Kier alpha value is -3.94. The standard InChI is InChI=1S/C18H20N3.C6H8N2O3/c1-18(2,3)21-14-20(16-12-8-5-9-13-16)17(19-21)15-10-6-4-7-11-15;1-7-4(9)3-5(10)8(2)6(7)11/h4-14H,1-3H3;3,9H,1-2H3/q+1;/p-1. The van der Waals surface area contributed by atoms with Crippen molar-refractivity contribution in [2.45, 2.75) is 26.3 Å². The van der Waals surface area contributed by atoms with Gasteiger partial charge in [0.05, 0.1) is 5.56 Å². The van der Waals surface area contributed by atoms with Gasteiger partial charge in [-0.1, -0.05) is 36.4 Å². The van der Waals surface area contributed by atoms with Crippen molar-refractivity contribution in [3.63, 3.8) is 0 Å². The lowest BCUT2D eigenvalue weighted by Crippen LogP contribution is -2.37. The molecule has 32 heavy (non-hydrogen) atoms. The van der Waals surface area contributed by atoms with Crippen molar-refractivity contribution in [2.75, 3.05) is 0 Å². The zero-order valence-corrected chi connectivity index (χ0v) is 18.9. The topological polar surface area (TPSA) is 88.8 Å². The Bertz CT molecular complexity index is 1260. The van der Waals surface area contributed by atoms with Gasteiger partial charge in [-0.3, -0.25) is 9.36 Å². The first-order valence-electron chi connectivity index (χ1n) is 10.2. The minimum atomic E-state index is -0.595. The van der Waals surface area contributed by atoms with Gasteiger partial charge in [-0.05, 0) is 50.9 Å². The fourth-order valence-electron chi connectivity index (χ4n) is 2.94. The van der Waals surface area contributed by atoms with E-state index in [1.165, 1.54) is 14.1 Å². The van der Waals surface area contributed by atoms with Gasteiger partial charge in [0.25, 0.3) is 5.56 Å². The molecule has 0 N–H and O–H groups in total. The predicted molar refractivity (Wildman–Crippen MR) is 121 cm³/mol. The lowest BCUT2D eigenvalue weighted by Gasteiger charge is -2.11. The molecule has 2 aromatic heterocycles. The molecule has 0 fully saturated rings. The molecule has 166 valence electrons. The molecule has 2 aromatic carbocycles. The molecule has 0 spiro atoms. The Morgan fingerprint density at radius 3 is 2.00 bits per heavy atom. The van der Waals surface area contributed by atoms with Crippen LogP contribution in [0.25, 0.3) is 17.1 Å². The average molecular weight is 434 g/mol. The van der Waals surface area contributed by atoms with Gasteiger partial charge in [-0.15, -0.1) is 4.68 Å². The summed E-state index contributed by atoms with van der Waals surface area (Å²) in [7, 11) is 2.65. The zero-order valence-electron chi connectivity index (χ0n) is 18.9. The average Bonchev–Trinajstić information content (AvgIpc) is 3.24. The van der Waals surface area contributed by atoms with E-state index in [-0.39, 0.29) is 5.54 Å². The molecule has 4 rings (SSSR count). The third-order valence-electron chi connectivity index (χ3n) is 4.89. The number of aromatic nitrogens is 5. The van der Waals surface area contributed by atoms with Crippen LogP contribution in [-0.4, -0.2) is 18.9 Å². The van der Waals surface area contributed by atoms with Crippen LogP contribution < -0.4 is 20.9 Å². The Labute approximate surface area is 186 Å². The lowest BCUT2D eigenvalue weighted by atomic mass is 10.1. The summed E-state index contributed by atoms with van der Waals surface area (Å²) >= 11 is 0. The summed E-state index contributed by atoms with van der Waals surface area (Å²) in [5.74, 6) is 0.384. The van der Waals surface area contributed by atoms with E-state index in [1.54, 1.807) is 0 Å². The van der Waals surface area contributed by atoms with Crippen LogP contribution in [-0.2, 0) is 19.6 Å². The van der Waals surface area contributed by atoms with Gasteiger partial charge in [0, 0.05) is 25.3 Å². The summed E-state index contributed by atoms with van der Waals surface area (Å²) in [6, 6.07) is 21.5. The number of benzene rings is 2. The maximum atomic E-state index is 10.9. The van der Waals surface area contributed by atoms with Gasteiger partial charge in [0.1, 0.15) is 11.2 Å². The molecule has 0 aliphatic carbocycles. The molecule has 8 heteroatoms. The highest BCUT2D eigenvalue weighted by Crippen LogP contribution is 2.18. The highest BCUT2D eigenvalue weighted by molar-refractivity contribution is 5.51. The van der Waals surface area contributed by atoms with Crippen molar-refractivity contribution in [1.29, 1.82) is 0 Å². The van der Waals surface area contributed by atoms with E-state index in [4.69, 9.17) is 5.10 Å². The minimum Gasteiger partial charge on any atom is -0.860 e. The monoisotopic (exact) mass is 433 g/mol. The van der Waals surface area contributed by atoms with Crippen molar-refractivity contribution < 1.29 is 9.67 Å². The van der Waals surface area contributed by atoms with Gasteiger partial charge >= 0.3 is 11.5 Å². The Morgan fingerprint density at radius 2 is 1.44 bits per heavy atom. The number of para-hydroxylation sites is 1. The summed E-state index contributed by atoms with van der Waals surface area (Å²) in [5.41, 5.74) is 1.01. The van der Waals surface area contributed by atoms with Gasteiger partial charge in [0.2, 0.25) is 6.33 Å². The molecule has 0 saturated carbocycles. The highest BCUT2D eigenvalue weighted by atomic mass is 16.3. The molecule has 2 heterocycles. The molecule has 0 aliphatic rings. The fraction of sp³-hybridized carbons (Fsp3) is 0.250. The first-order chi connectivity index (χ1) is 15.1. The van der Waals surface area contributed by atoms with Crippen molar-refractivity contribution in [3.05, 3.63) is 93.9 Å². The van der Waals surface area contributed by atoms with Crippen LogP contribution in [0.3, 0.4) is 0 Å². The summed E-state index contributed by atoms with van der Waals surface area (Å²) in [6.45, 7) is 6.47. The van der Waals surface area contributed by atoms with Crippen LogP contribution in [0.1, 0.15) is 20.8 Å². The highest BCUT2D eigenvalue weighted by Gasteiger charge is 2.27. The SMILES string of the molecule is CC(C)(C)n1c[n+](-c2ccccc2)c(-c2ccccc2)n1.Cn1c([O-])cc(=O)n(C)c1=O. The quantitative estimate of drug-likeness (QED) is 0.451. The van der Waals surface area contributed by atoms with Crippen LogP contribution in [0.2, 0.25) is 0 Å². The maximum absolute atomic E-state index is 10.9. The fourth-order valence-corrected chi connectivity index (χ4v) is 2.94. The van der Waals surface area contributed by atoms with Crippen LogP contribution in [0.4, 0.5) is 0 Å². The summed E-state index contributed by atoms with van der Waals surface area (Å²) < 4.78 is 5.91. The smallest absolute Gasteiger partial charge is 0.329 e. The van der Waals surface area contributed by atoms with Crippen molar-refractivity contribution in [3.8, 4) is 23.0 Å². The Balaban J connectivity index is 0.000000222. The second kappa shape index (κ2) is 9.05.